The van der Waals surface area contributed by atoms with Crippen molar-refractivity contribution in [2.75, 3.05) is 55.7 Å². The highest BCUT2D eigenvalue weighted by Crippen LogP contribution is 2.21. The van der Waals surface area contributed by atoms with E-state index in [1.54, 1.807) is 0 Å². The van der Waals surface area contributed by atoms with Crippen LogP contribution in [0.4, 0.5) is 11.8 Å². The standard InChI is InChI=1S/C16H25N5O2/c1-13(22)17-5-4-14-12-15(20-8-10-23-11-9-20)19-16(18-14)21-6-2-3-7-21/h12H,2-11H2,1H3,(H,17,22). The Morgan fingerprint density at radius 3 is 2.61 bits per heavy atom. The maximum atomic E-state index is 11.1. The topological polar surface area (TPSA) is 70.6 Å². The second-order valence-corrected chi connectivity index (χ2v) is 6.04. The Balaban J connectivity index is 1.78. The van der Waals surface area contributed by atoms with E-state index in [0.717, 1.165) is 63.3 Å². The monoisotopic (exact) mass is 319 g/mol. The number of hydrogen-bond donors (Lipinski definition) is 1. The molecule has 2 fully saturated rings. The predicted octanol–water partition coefficient (Wildman–Crippen LogP) is 0.592. The number of amides is 1. The number of carbonyl (C=O) groups is 1. The van der Waals surface area contributed by atoms with Gasteiger partial charge in [-0.2, -0.15) is 4.98 Å². The summed E-state index contributed by atoms with van der Waals surface area (Å²) < 4.78 is 5.43. The highest BCUT2D eigenvalue weighted by molar-refractivity contribution is 5.72. The van der Waals surface area contributed by atoms with Gasteiger partial charge in [-0.3, -0.25) is 4.79 Å². The van der Waals surface area contributed by atoms with Gasteiger partial charge in [0.1, 0.15) is 5.82 Å². The van der Waals surface area contributed by atoms with Crippen LogP contribution in [0.2, 0.25) is 0 Å². The van der Waals surface area contributed by atoms with Crippen molar-refractivity contribution in [3.63, 3.8) is 0 Å². The van der Waals surface area contributed by atoms with E-state index < -0.39 is 0 Å². The van der Waals surface area contributed by atoms with Crippen molar-refractivity contribution < 1.29 is 9.53 Å². The van der Waals surface area contributed by atoms with Crippen LogP contribution >= 0.6 is 0 Å². The van der Waals surface area contributed by atoms with Gasteiger partial charge < -0.3 is 19.9 Å². The van der Waals surface area contributed by atoms with E-state index in [0.29, 0.717) is 6.54 Å². The number of ether oxygens (including phenoxy) is 1. The minimum atomic E-state index is -0.00720. The number of carbonyl (C=O) groups excluding carboxylic acids is 1. The van der Waals surface area contributed by atoms with Crippen LogP contribution in [0, 0.1) is 0 Å². The zero-order chi connectivity index (χ0) is 16.1. The summed E-state index contributed by atoms with van der Waals surface area (Å²) in [6.07, 6.45) is 3.12. The molecule has 3 heterocycles. The van der Waals surface area contributed by atoms with Crippen LogP contribution in [0.3, 0.4) is 0 Å². The van der Waals surface area contributed by atoms with Gasteiger partial charge in [-0.15, -0.1) is 0 Å². The maximum Gasteiger partial charge on any atom is 0.227 e. The van der Waals surface area contributed by atoms with Crippen molar-refractivity contribution in [2.45, 2.75) is 26.2 Å². The molecule has 1 aromatic rings. The minimum Gasteiger partial charge on any atom is -0.378 e. The zero-order valence-electron chi connectivity index (χ0n) is 13.8. The summed E-state index contributed by atoms with van der Waals surface area (Å²) in [5.74, 6) is 1.79. The number of hydrogen-bond acceptors (Lipinski definition) is 6. The van der Waals surface area contributed by atoms with E-state index in [1.165, 1.54) is 19.8 Å². The first kappa shape index (κ1) is 16.0. The first-order chi connectivity index (χ1) is 11.2. The first-order valence-corrected chi connectivity index (χ1v) is 8.42. The third-order valence-corrected chi connectivity index (χ3v) is 4.23. The van der Waals surface area contributed by atoms with E-state index in [4.69, 9.17) is 14.7 Å². The van der Waals surface area contributed by atoms with Crippen molar-refractivity contribution in [3.05, 3.63) is 11.8 Å². The van der Waals surface area contributed by atoms with Crippen molar-refractivity contribution in [3.8, 4) is 0 Å². The van der Waals surface area contributed by atoms with Gasteiger partial charge in [0.15, 0.2) is 0 Å². The van der Waals surface area contributed by atoms with Gasteiger partial charge in [-0.05, 0) is 12.8 Å². The molecule has 1 N–H and O–H groups in total. The van der Waals surface area contributed by atoms with Crippen LogP contribution in [0.5, 0.6) is 0 Å². The van der Waals surface area contributed by atoms with E-state index in [1.807, 2.05) is 6.07 Å². The number of nitrogens with zero attached hydrogens (tertiary/aromatic N) is 4. The van der Waals surface area contributed by atoms with Gasteiger partial charge in [-0.1, -0.05) is 0 Å². The third-order valence-electron chi connectivity index (χ3n) is 4.23. The molecule has 0 bridgehead atoms. The lowest BCUT2D eigenvalue weighted by molar-refractivity contribution is -0.118. The van der Waals surface area contributed by atoms with Crippen molar-refractivity contribution in [1.82, 2.24) is 15.3 Å². The molecule has 7 heteroatoms. The minimum absolute atomic E-state index is 0.00720. The van der Waals surface area contributed by atoms with Gasteiger partial charge >= 0.3 is 0 Å². The quantitative estimate of drug-likeness (QED) is 0.857. The zero-order valence-corrected chi connectivity index (χ0v) is 13.8. The normalized spacial score (nSPS) is 18.3. The maximum absolute atomic E-state index is 11.1. The molecule has 0 unspecified atom stereocenters. The Labute approximate surface area is 137 Å². The van der Waals surface area contributed by atoms with Crippen molar-refractivity contribution >= 4 is 17.7 Å². The molecule has 23 heavy (non-hydrogen) atoms. The average Bonchev–Trinajstić information content (AvgIpc) is 3.10. The molecule has 126 valence electrons. The molecule has 7 nitrogen and oxygen atoms in total. The van der Waals surface area contributed by atoms with E-state index in [-0.39, 0.29) is 5.91 Å². The second kappa shape index (κ2) is 7.59. The second-order valence-electron chi connectivity index (χ2n) is 6.04. The number of aromatic nitrogens is 2. The molecule has 2 aliphatic rings. The molecule has 1 amide bonds. The molecule has 0 aliphatic carbocycles. The van der Waals surface area contributed by atoms with Crippen LogP contribution in [-0.4, -0.2) is 61.8 Å². The Morgan fingerprint density at radius 2 is 1.91 bits per heavy atom. The molecule has 0 spiro atoms. The van der Waals surface area contributed by atoms with Crippen LogP contribution in [-0.2, 0) is 16.0 Å². The lowest BCUT2D eigenvalue weighted by Gasteiger charge is -2.29. The number of morpholine rings is 1. The van der Waals surface area contributed by atoms with Gasteiger partial charge in [0.2, 0.25) is 11.9 Å². The number of rotatable bonds is 5. The molecule has 0 radical (unpaired) electrons. The molecule has 0 saturated carbocycles. The molecule has 2 aliphatic heterocycles. The summed E-state index contributed by atoms with van der Waals surface area (Å²) in [4.78, 5) is 25.1. The summed E-state index contributed by atoms with van der Waals surface area (Å²) in [5, 5.41) is 2.84. The van der Waals surface area contributed by atoms with E-state index in [9.17, 15) is 4.79 Å². The first-order valence-electron chi connectivity index (χ1n) is 8.42. The Kier molecular flexibility index (Phi) is 5.27. The Bertz CT molecular complexity index is 539. The smallest absolute Gasteiger partial charge is 0.227 e. The fourth-order valence-corrected chi connectivity index (χ4v) is 2.98. The third kappa shape index (κ3) is 4.31. The fraction of sp³-hybridized carbons (Fsp3) is 0.688. The highest BCUT2D eigenvalue weighted by atomic mass is 16.5. The Morgan fingerprint density at radius 1 is 1.17 bits per heavy atom. The molecule has 0 aromatic carbocycles. The van der Waals surface area contributed by atoms with Gasteiger partial charge in [0.05, 0.1) is 13.2 Å². The van der Waals surface area contributed by atoms with Crippen LogP contribution in [0.15, 0.2) is 6.07 Å². The molecule has 3 rings (SSSR count). The molecule has 0 atom stereocenters. The number of anilines is 2. The van der Waals surface area contributed by atoms with Gasteiger partial charge in [0, 0.05) is 57.8 Å². The highest BCUT2D eigenvalue weighted by Gasteiger charge is 2.19. The molecular formula is C16H25N5O2. The fourth-order valence-electron chi connectivity index (χ4n) is 2.98. The van der Waals surface area contributed by atoms with Crippen LogP contribution in [0.25, 0.3) is 0 Å². The van der Waals surface area contributed by atoms with E-state index >= 15 is 0 Å². The lowest BCUT2D eigenvalue weighted by Crippen LogP contribution is -2.37. The molecular weight excluding hydrogens is 294 g/mol. The summed E-state index contributed by atoms with van der Waals surface area (Å²) in [6.45, 7) is 7.40. The summed E-state index contributed by atoms with van der Waals surface area (Å²) >= 11 is 0. The van der Waals surface area contributed by atoms with Crippen LogP contribution in [0.1, 0.15) is 25.5 Å². The van der Waals surface area contributed by atoms with Gasteiger partial charge in [0.25, 0.3) is 0 Å². The molecule has 1 aromatic heterocycles. The predicted molar refractivity (Wildman–Crippen MR) is 88.9 cm³/mol. The summed E-state index contributed by atoms with van der Waals surface area (Å²) in [6, 6.07) is 2.05. The van der Waals surface area contributed by atoms with Gasteiger partial charge in [-0.25, -0.2) is 4.98 Å². The molecule has 2 saturated heterocycles. The largest absolute Gasteiger partial charge is 0.378 e. The lowest BCUT2D eigenvalue weighted by atomic mass is 10.2. The number of nitrogens with one attached hydrogen (secondary N) is 1. The van der Waals surface area contributed by atoms with Crippen molar-refractivity contribution in [2.24, 2.45) is 0 Å². The van der Waals surface area contributed by atoms with E-state index in [2.05, 4.69) is 15.1 Å². The summed E-state index contributed by atoms with van der Waals surface area (Å²) in [5.41, 5.74) is 0.983. The Hall–Kier alpha value is -1.89. The average molecular weight is 319 g/mol. The van der Waals surface area contributed by atoms with Crippen molar-refractivity contribution in [1.29, 1.82) is 0 Å². The van der Waals surface area contributed by atoms with Crippen LogP contribution < -0.4 is 15.1 Å². The SMILES string of the molecule is CC(=O)NCCc1cc(N2CCOCC2)nc(N2CCCC2)n1. The summed E-state index contributed by atoms with van der Waals surface area (Å²) in [7, 11) is 0.